The van der Waals surface area contributed by atoms with Crippen molar-refractivity contribution >= 4 is 29.3 Å². The first kappa shape index (κ1) is 13.9. The van der Waals surface area contributed by atoms with E-state index in [4.69, 9.17) is 11.6 Å². The van der Waals surface area contributed by atoms with Crippen LogP contribution < -0.4 is 0 Å². The predicted molar refractivity (Wildman–Crippen MR) is 76.2 cm³/mol. The molecule has 0 aliphatic carbocycles. The summed E-state index contributed by atoms with van der Waals surface area (Å²) in [5.41, 5.74) is 1.76. The maximum Gasteiger partial charge on any atom is 0.338 e. The first-order chi connectivity index (χ1) is 8.97. The van der Waals surface area contributed by atoms with E-state index >= 15 is 0 Å². The zero-order chi connectivity index (χ0) is 14.0. The van der Waals surface area contributed by atoms with Gasteiger partial charge in [-0.25, -0.2) is 9.78 Å². The summed E-state index contributed by atoms with van der Waals surface area (Å²) in [5.74, 6) is -0.963. The van der Waals surface area contributed by atoms with Crippen molar-refractivity contribution in [2.24, 2.45) is 0 Å². The number of aromatic nitrogens is 1. The summed E-state index contributed by atoms with van der Waals surface area (Å²) >= 11 is 7.23. The third-order valence-corrected chi connectivity index (χ3v) is 3.75. The Morgan fingerprint density at radius 3 is 2.68 bits per heavy atom. The average molecular weight is 294 g/mol. The molecule has 0 saturated heterocycles. The standard InChI is InChI=1S/C14H12ClNO2S/c1-8-6-9(2)16-13(12(8)14(17)18)19-11-5-3-4-10(15)7-11/h3-7H,1-2H3,(H,17,18). The van der Waals surface area contributed by atoms with Crippen molar-refractivity contribution in [1.82, 2.24) is 4.98 Å². The number of aryl methyl sites for hydroxylation is 2. The van der Waals surface area contributed by atoms with Gasteiger partial charge in [-0.2, -0.15) is 0 Å². The normalized spacial score (nSPS) is 10.5. The average Bonchev–Trinajstić information content (AvgIpc) is 2.26. The van der Waals surface area contributed by atoms with Crippen LogP contribution in [-0.2, 0) is 0 Å². The van der Waals surface area contributed by atoms with Gasteiger partial charge in [-0.3, -0.25) is 0 Å². The minimum atomic E-state index is -0.963. The summed E-state index contributed by atoms with van der Waals surface area (Å²) < 4.78 is 0. The molecule has 2 rings (SSSR count). The number of carboxylic acids is 1. The minimum Gasteiger partial charge on any atom is -0.478 e. The molecule has 1 heterocycles. The van der Waals surface area contributed by atoms with Crippen molar-refractivity contribution in [3.8, 4) is 0 Å². The maximum absolute atomic E-state index is 11.3. The molecule has 3 nitrogen and oxygen atoms in total. The van der Waals surface area contributed by atoms with E-state index in [2.05, 4.69) is 4.98 Å². The van der Waals surface area contributed by atoms with Crippen LogP contribution in [0.4, 0.5) is 0 Å². The van der Waals surface area contributed by atoms with E-state index < -0.39 is 5.97 Å². The zero-order valence-corrected chi connectivity index (χ0v) is 12.0. The molecule has 0 bridgehead atoms. The lowest BCUT2D eigenvalue weighted by Crippen LogP contribution is -2.05. The van der Waals surface area contributed by atoms with Crippen LogP contribution in [0.15, 0.2) is 40.3 Å². The third-order valence-electron chi connectivity index (χ3n) is 2.54. The second kappa shape index (κ2) is 5.63. The lowest BCUT2D eigenvalue weighted by Gasteiger charge is -2.09. The van der Waals surface area contributed by atoms with Crippen LogP contribution >= 0.6 is 23.4 Å². The molecule has 0 saturated carbocycles. The topological polar surface area (TPSA) is 50.2 Å². The van der Waals surface area contributed by atoms with Crippen molar-refractivity contribution < 1.29 is 9.90 Å². The zero-order valence-electron chi connectivity index (χ0n) is 10.5. The lowest BCUT2D eigenvalue weighted by atomic mass is 10.1. The van der Waals surface area contributed by atoms with Gasteiger partial charge in [-0.1, -0.05) is 29.4 Å². The lowest BCUT2D eigenvalue weighted by molar-refractivity contribution is 0.0691. The Bertz CT molecular complexity index is 643. The number of rotatable bonds is 3. The highest BCUT2D eigenvalue weighted by atomic mass is 35.5. The summed E-state index contributed by atoms with van der Waals surface area (Å²) in [4.78, 5) is 16.5. The van der Waals surface area contributed by atoms with E-state index in [1.807, 2.05) is 19.1 Å². The number of halogens is 1. The van der Waals surface area contributed by atoms with E-state index in [1.165, 1.54) is 11.8 Å². The van der Waals surface area contributed by atoms with Crippen LogP contribution in [-0.4, -0.2) is 16.1 Å². The van der Waals surface area contributed by atoms with Gasteiger partial charge < -0.3 is 5.11 Å². The van der Waals surface area contributed by atoms with Crippen LogP contribution in [0.3, 0.4) is 0 Å². The molecule has 1 aromatic heterocycles. The summed E-state index contributed by atoms with van der Waals surface area (Å²) in [5, 5.41) is 10.4. The van der Waals surface area contributed by atoms with Crippen molar-refractivity contribution in [2.45, 2.75) is 23.8 Å². The molecular formula is C14H12ClNO2S. The Morgan fingerprint density at radius 1 is 1.32 bits per heavy atom. The molecule has 19 heavy (non-hydrogen) atoms. The van der Waals surface area contributed by atoms with Crippen molar-refractivity contribution in [2.75, 3.05) is 0 Å². The van der Waals surface area contributed by atoms with Gasteiger partial charge in [0.2, 0.25) is 0 Å². The first-order valence-corrected chi connectivity index (χ1v) is 6.82. The third kappa shape index (κ3) is 3.28. The quantitative estimate of drug-likeness (QED) is 0.921. The Balaban J connectivity index is 2.47. The van der Waals surface area contributed by atoms with Gasteiger partial charge in [0.15, 0.2) is 0 Å². The molecule has 2 aromatic rings. The van der Waals surface area contributed by atoms with Crippen molar-refractivity contribution in [3.63, 3.8) is 0 Å². The number of pyridine rings is 1. The molecule has 0 atom stereocenters. The second-order valence-corrected chi connectivity index (χ2v) is 5.62. The smallest absolute Gasteiger partial charge is 0.338 e. The van der Waals surface area contributed by atoms with Crippen molar-refractivity contribution in [3.05, 3.63) is 52.2 Å². The van der Waals surface area contributed by atoms with E-state index in [1.54, 1.807) is 25.1 Å². The highest BCUT2D eigenvalue weighted by Gasteiger charge is 2.16. The summed E-state index contributed by atoms with van der Waals surface area (Å²) in [6.45, 7) is 3.63. The Labute approximate surface area is 120 Å². The number of aromatic carboxylic acids is 1. The summed E-state index contributed by atoms with van der Waals surface area (Å²) in [7, 11) is 0. The second-order valence-electron chi connectivity index (χ2n) is 4.13. The Morgan fingerprint density at radius 2 is 2.05 bits per heavy atom. The monoisotopic (exact) mass is 293 g/mol. The molecule has 0 aliphatic heterocycles. The molecular weight excluding hydrogens is 282 g/mol. The number of carboxylic acid groups (broad SMARTS) is 1. The van der Waals surface area contributed by atoms with E-state index in [0.717, 1.165) is 10.6 Å². The fraction of sp³-hybridized carbons (Fsp3) is 0.143. The molecule has 5 heteroatoms. The molecule has 0 aliphatic rings. The van der Waals surface area contributed by atoms with Gasteiger partial charge in [0.1, 0.15) is 5.03 Å². The number of hydrogen-bond acceptors (Lipinski definition) is 3. The SMILES string of the molecule is Cc1cc(C)c(C(=O)O)c(Sc2cccc(Cl)c2)n1. The summed E-state index contributed by atoms with van der Waals surface area (Å²) in [6, 6.07) is 9.04. The Kier molecular flexibility index (Phi) is 4.12. The molecule has 0 unspecified atom stereocenters. The molecule has 1 N–H and O–H groups in total. The molecule has 0 amide bonds. The fourth-order valence-corrected chi connectivity index (χ4v) is 3.13. The van der Waals surface area contributed by atoms with Crippen LogP contribution in [0.1, 0.15) is 21.6 Å². The Hall–Kier alpha value is -1.52. The molecule has 1 aromatic carbocycles. The number of nitrogens with zero attached hydrogens (tertiary/aromatic N) is 1. The van der Waals surface area contributed by atoms with Gasteiger partial charge in [-0.15, -0.1) is 0 Å². The number of carbonyl (C=O) groups is 1. The van der Waals surface area contributed by atoms with Crippen LogP contribution in [0, 0.1) is 13.8 Å². The van der Waals surface area contributed by atoms with Gasteiger partial charge in [0.25, 0.3) is 0 Å². The molecule has 98 valence electrons. The molecule has 0 radical (unpaired) electrons. The van der Waals surface area contributed by atoms with Gasteiger partial charge in [0, 0.05) is 15.6 Å². The highest BCUT2D eigenvalue weighted by Crippen LogP contribution is 2.32. The highest BCUT2D eigenvalue weighted by molar-refractivity contribution is 7.99. The van der Waals surface area contributed by atoms with E-state index in [-0.39, 0.29) is 5.56 Å². The fourth-order valence-electron chi connectivity index (χ4n) is 1.78. The van der Waals surface area contributed by atoms with Crippen LogP contribution in [0.25, 0.3) is 0 Å². The number of hydrogen-bond donors (Lipinski definition) is 1. The van der Waals surface area contributed by atoms with Crippen LogP contribution in [0.5, 0.6) is 0 Å². The predicted octanol–water partition coefficient (Wildman–Crippen LogP) is 4.20. The van der Waals surface area contributed by atoms with Gasteiger partial charge >= 0.3 is 5.97 Å². The minimum absolute atomic E-state index is 0.246. The maximum atomic E-state index is 11.3. The molecule has 0 fully saturated rings. The summed E-state index contributed by atoms with van der Waals surface area (Å²) in [6.07, 6.45) is 0. The number of benzene rings is 1. The van der Waals surface area contributed by atoms with E-state index in [9.17, 15) is 9.90 Å². The van der Waals surface area contributed by atoms with Crippen molar-refractivity contribution in [1.29, 1.82) is 0 Å². The van der Waals surface area contributed by atoms with Crippen LogP contribution in [0.2, 0.25) is 5.02 Å². The first-order valence-electron chi connectivity index (χ1n) is 5.62. The van der Waals surface area contributed by atoms with Gasteiger partial charge in [0.05, 0.1) is 5.56 Å². The molecule has 0 spiro atoms. The largest absolute Gasteiger partial charge is 0.478 e. The van der Waals surface area contributed by atoms with Gasteiger partial charge in [-0.05, 0) is 43.7 Å². The van der Waals surface area contributed by atoms with E-state index in [0.29, 0.717) is 15.6 Å².